The molecular formula is C12H18N2O4. The molecule has 0 aliphatic carbocycles. The minimum Gasteiger partial charge on any atom is -0.467 e. The molecular weight excluding hydrogens is 236 g/mol. The van der Waals surface area contributed by atoms with E-state index in [1.807, 2.05) is 0 Å². The van der Waals surface area contributed by atoms with Gasteiger partial charge in [0.1, 0.15) is 5.76 Å². The molecule has 1 aliphatic heterocycles. The van der Waals surface area contributed by atoms with Crippen LogP contribution in [0, 0.1) is 0 Å². The van der Waals surface area contributed by atoms with Crippen LogP contribution in [0.4, 0.5) is 0 Å². The molecule has 3 atom stereocenters. The summed E-state index contributed by atoms with van der Waals surface area (Å²) >= 11 is 0. The number of amides is 1. The second-order valence-electron chi connectivity index (χ2n) is 4.56. The van der Waals surface area contributed by atoms with E-state index in [-0.39, 0.29) is 11.9 Å². The molecule has 0 bridgehead atoms. The maximum Gasteiger partial charge on any atom is 0.237 e. The quantitative estimate of drug-likeness (QED) is 0.663. The van der Waals surface area contributed by atoms with Crippen LogP contribution in [0.3, 0.4) is 0 Å². The van der Waals surface area contributed by atoms with Crippen LogP contribution in [0.25, 0.3) is 0 Å². The van der Waals surface area contributed by atoms with Gasteiger partial charge >= 0.3 is 0 Å². The van der Waals surface area contributed by atoms with Crippen molar-refractivity contribution in [2.24, 2.45) is 0 Å². The highest BCUT2D eigenvalue weighted by atomic mass is 16.3. The van der Waals surface area contributed by atoms with E-state index < -0.39 is 12.2 Å². The van der Waals surface area contributed by atoms with E-state index >= 15 is 0 Å². The van der Waals surface area contributed by atoms with Gasteiger partial charge in [0.25, 0.3) is 0 Å². The van der Waals surface area contributed by atoms with Crippen LogP contribution in [-0.4, -0.2) is 52.4 Å². The summed E-state index contributed by atoms with van der Waals surface area (Å²) < 4.78 is 5.11. The van der Waals surface area contributed by atoms with E-state index in [1.165, 1.54) is 0 Å². The summed E-state index contributed by atoms with van der Waals surface area (Å²) in [4.78, 5) is 13.6. The van der Waals surface area contributed by atoms with Gasteiger partial charge in [-0.2, -0.15) is 0 Å². The number of carbonyl (C=O) groups is 1. The molecule has 3 N–H and O–H groups in total. The average molecular weight is 254 g/mol. The first kappa shape index (κ1) is 13.1. The number of aliphatic hydroxyl groups is 2. The second-order valence-corrected chi connectivity index (χ2v) is 4.56. The molecule has 0 radical (unpaired) electrons. The molecule has 2 rings (SSSR count). The standard InChI is InChI=1S/C12H18N2O4/c1-8(14-6-10(15)11(16)7-14)12(17)13-5-9-3-2-4-18-9/h2-4,8,10-11,15-16H,5-7H2,1H3,(H,13,17). The monoisotopic (exact) mass is 254 g/mol. The average Bonchev–Trinajstić information content (AvgIpc) is 2.96. The van der Waals surface area contributed by atoms with Crippen molar-refractivity contribution in [3.8, 4) is 0 Å². The predicted molar refractivity (Wildman–Crippen MR) is 63.6 cm³/mol. The zero-order chi connectivity index (χ0) is 13.1. The number of nitrogens with one attached hydrogen (secondary N) is 1. The Morgan fingerprint density at radius 1 is 1.56 bits per heavy atom. The molecule has 1 aromatic heterocycles. The van der Waals surface area contributed by atoms with Crippen LogP contribution in [0.2, 0.25) is 0 Å². The van der Waals surface area contributed by atoms with E-state index in [9.17, 15) is 15.0 Å². The fraction of sp³-hybridized carbons (Fsp3) is 0.583. The molecule has 6 nitrogen and oxygen atoms in total. The number of β-amino-alcohol motifs (C(OH)–C–C–N with tert-alkyl or cyclic N) is 2. The number of rotatable bonds is 4. The van der Waals surface area contributed by atoms with Crippen LogP contribution in [-0.2, 0) is 11.3 Å². The Labute approximate surface area is 105 Å². The van der Waals surface area contributed by atoms with Crippen molar-refractivity contribution in [1.29, 1.82) is 0 Å². The zero-order valence-electron chi connectivity index (χ0n) is 10.2. The van der Waals surface area contributed by atoms with Gasteiger partial charge in [0.2, 0.25) is 5.91 Å². The lowest BCUT2D eigenvalue weighted by molar-refractivity contribution is -0.125. The highest BCUT2D eigenvalue weighted by Gasteiger charge is 2.34. The van der Waals surface area contributed by atoms with Crippen LogP contribution in [0.5, 0.6) is 0 Å². The molecule has 1 amide bonds. The summed E-state index contributed by atoms with van der Waals surface area (Å²) in [6.07, 6.45) is 0.00798. The minimum atomic E-state index is -0.773. The summed E-state index contributed by atoms with van der Waals surface area (Å²) in [7, 11) is 0. The number of likely N-dealkylation sites (tertiary alicyclic amines) is 1. The lowest BCUT2D eigenvalue weighted by Gasteiger charge is -2.22. The third kappa shape index (κ3) is 2.90. The van der Waals surface area contributed by atoms with Gasteiger partial charge in [-0.05, 0) is 19.1 Å². The number of hydrogen-bond acceptors (Lipinski definition) is 5. The number of furan rings is 1. The third-order valence-corrected chi connectivity index (χ3v) is 3.23. The molecule has 100 valence electrons. The Hall–Kier alpha value is -1.37. The van der Waals surface area contributed by atoms with Crippen molar-refractivity contribution in [3.63, 3.8) is 0 Å². The first-order chi connectivity index (χ1) is 8.58. The Morgan fingerprint density at radius 3 is 2.78 bits per heavy atom. The Bertz CT molecular complexity index is 383. The van der Waals surface area contributed by atoms with Crippen LogP contribution >= 0.6 is 0 Å². The topological polar surface area (TPSA) is 85.9 Å². The van der Waals surface area contributed by atoms with Crippen molar-refractivity contribution in [2.75, 3.05) is 13.1 Å². The number of hydrogen-bond donors (Lipinski definition) is 3. The Kier molecular flexibility index (Phi) is 4.00. The van der Waals surface area contributed by atoms with Crippen LogP contribution in [0.1, 0.15) is 12.7 Å². The molecule has 0 aromatic carbocycles. The normalized spacial score (nSPS) is 26.2. The first-order valence-corrected chi connectivity index (χ1v) is 5.98. The maximum atomic E-state index is 11.9. The van der Waals surface area contributed by atoms with Gasteiger partial charge in [0.15, 0.2) is 0 Å². The highest BCUT2D eigenvalue weighted by Crippen LogP contribution is 2.13. The molecule has 2 heterocycles. The Balaban J connectivity index is 1.82. The van der Waals surface area contributed by atoms with Gasteiger partial charge in [-0.3, -0.25) is 9.69 Å². The van der Waals surface area contributed by atoms with Gasteiger partial charge < -0.3 is 19.9 Å². The first-order valence-electron chi connectivity index (χ1n) is 5.98. The summed E-state index contributed by atoms with van der Waals surface area (Å²) in [5, 5.41) is 21.6. The van der Waals surface area contributed by atoms with Gasteiger partial charge in [-0.25, -0.2) is 0 Å². The molecule has 1 saturated heterocycles. The molecule has 3 unspecified atom stereocenters. The van der Waals surface area contributed by atoms with Crippen molar-refractivity contribution in [2.45, 2.75) is 31.7 Å². The lowest BCUT2D eigenvalue weighted by atomic mass is 10.2. The highest BCUT2D eigenvalue weighted by molar-refractivity contribution is 5.81. The maximum absolute atomic E-state index is 11.9. The van der Waals surface area contributed by atoms with Gasteiger partial charge in [-0.1, -0.05) is 0 Å². The smallest absolute Gasteiger partial charge is 0.237 e. The fourth-order valence-electron chi connectivity index (χ4n) is 2.02. The third-order valence-electron chi connectivity index (χ3n) is 3.23. The van der Waals surface area contributed by atoms with E-state index in [4.69, 9.17) is 4.42 Å². The molecule has 0 saturated carbocycles. The number of carbonyl (C=O) groups excluding carboxylic acids is 1. The van der Waals surface area contributed by atoms with Gasteiger partial charge in [0.05, 0.1) is 31.1 Å². The van der Waals surface area contributed by atoms with E-state index in [0.29, 0.717) is 25.4 Å². The van der Waals surface area contributed by atoms with Crippen molar-refractivity contribution < 1.29 is 19.4 Å². The molecule has 18 heavy (non-hydrogen) atoms. The van der Waals surface area contributed by atoms with E-state index in [1.54, 1.807) is 30.2 Å². The predicted octanol–water partition coefficient (Wildman–Crippen LogP) is -0.678. The largest absolute Gasteiger partial charge is 0.467 e. The van der Waals surface area contributed by atoms with Gasteiger partial charge in [-0.15, -0.1) is 0 Å². The molecule has 1 fully saturated rings. The second kappa shape index (κ2) is 5.51. The molecule has 6 heteroatoms. The van der Waals surface area contributed by atoms with E-state index in [2.05, 4.69) is 5.32 Å². The zero-order valence-corrected chi connectivity index (χ0v) is 10.2. The summed E-state index contributed by atoms with van der Waals surface area (Å²) in [6.45, 7) is 2.73. The van der Waals surface area contributed by atoms with E-state index in [0.717, 1.165) is 0 Å². The van der Waals surface area contributed by atoms with Crippen LogP contribution in [0.15, 0.2) is 22.8 Å². The molecule has 1 aliphatic rings. The fourth-order valence-corrected chi connectivity index (χ4v) is 2.02. The number of aliphatic hydroxyl groups excluding tert-OH is 2. The lowest BCUT2D eigenvalue weighted by Crippen LogP contribution is -2.44. The van der Waals surface area contributed by atoms with Crippen LogP contribution < -0.4 is 5.32 Å². The summed E-state index contributed by atoms with van der Waals surface area (Å²) in [6, 6.07) is 3.17. The van der Waals surface area contributed by atoms with Crippen molar-refractivity contribution in [1.82, 2.24) is 10.2 Å². The SMILES string of the molecule is CC(C(=O)NCc1ccco1)N1CC(O)C(O)C1. The summed E-state index contributed by atoms with van der Waals surface area (Å²) in [5.74, 6) is 0.546. The minimum absolute atomic E-state index is 0.146. The summed E-state index contributed by atoms with van der Waals surface area (Å²) in [5.41, 5.74) is 0. The van der Waals surface area contributed by atoms with Gasteiger partial charge in [0, 0.05) is 13.1 Å². The molecule has 1 aromatic rings. The van der Waals surface area contributed by atoms with Crippen molar-refractivity contribution in [3.05, 3.63) is 24.2 Å². The molecule has 0 spiro atoms. The van der Waals surface area contributed by atoms with Crippen molar-refractivity contribution >= 4 is 5.91 Å². The number of nitrogens with zero attached hydrogens (tertiary/aromatic N) is 1. The Morgan fingerprint density at radius 2 is 2.22 bits per heavy atom.